The SMILES string of the molecule is CCCNC1c2ccccc2CCCC1CCSC. The summed E-state index contributed by atoms with van der Waals surface area (Å²) in [6.45, 7) is 3.39. The van der Waals surface area contributed by atoms with E-state index in [0.29, 0.717) is 6.04 Å². The lowest BCUT2D eigenvalue weighted by Gasteiger charge is -2.28. The minimum atomic E-state index is 0.575. The van der Waals surface area contributed by atoms with E-state index in [4.69, 9.17) is 0 Å². The van der Waals surface area contributed by atoms with Gasteiger partial charge in [-0.1, -0.05) is 31.2 Å². The van der Waals surface area contributed by atoms with Gasteiger partial charge in [0.1, 0.15) is 0 Å². The Morgan fingerprint density at radius 3 is 2.95 bits per heavy atom. The van der Waals surface area contributed by atoms with Gasteiger partial charge in [-0.3, -0.25) is 0 Å². The summed E-state index contributed by atoms with van der Waals surface area (Å²) < 4.78 is 0. The molecular weight excluding hydrogens is 250 g/mol. The van der Waals surface area contributed by atoms with Gasteiger partial charge >= 0.3 is 0 Å². The van der Waals surface area contributed by atoms with E-state index >= 15 is 0 Å². The normalized spacial score (nSPS) is 22.8. The van der Waals surface area contributed by atoms with Crippen molar-refractivity contribution in [2.24, 2.45) is 5.92 Å². The molecule has 0 aromatic heterocycles. The summed E-state index contributed by atoms with van der Waals surface area (Å²) in [5.41, 5.74) is 3.14. The van der Waals surface area contributed by atoms with Gasteiger partial charge in [0.2, 0.25) is 0 Å². The van der Waals surface area contributed by atoms with Crippen molar-refractivity contribution in [2.75, 3.05) is 18.6 Å². The van der Waals surface area contributed by atoms with Crippen LogP contribution in [0.2, 0.25) is 0 Å². The molecule has 1 aromatic carbocycles. The van der Waals surface area contributed by atoms with E-state index in [0.717, 1.165) is 12.5 Å². The zero-order chi connectivity index (χ0) is 13.5. The number of fused-ring (bicyclic) bond motifs is 1. The van der Waals surface area contributed by atoms with E-state index in [1.54, 1.807) is 11.1 Å². The summed E-state index contributed by atoms with van der Waals surface area (Å²) in [7, 11) is 0. The number of aryl methyl sites for hydroxylation is 1. The minimum Gasteiger partial charge on any atom is -0.310 e. The molecule has 1 aliphatic rings. The highest BCUT2D eigenvalue weighted by molar-refractivity contribution is 7.98. The Balaban J connectivity index is 2.19. The third kappa shape index (κ3) is 4.00. The van der Waals surface area contributed by atoms with Gasteiger partial charge < -0.3 is 5.32 Å². The first-order valence-corrected chi connectivity index (χ1v) is 9.06. The first-order valence-electron chi connectivity index (χ1n) is 7.67. The highest BCUT2D eigenvalue weighted by atomic mass is 32.2. The van der Waals surface area contributed by atoms with Gasteiger partial charge in [0.15, 0.2) is 0 Å². The van der Waals surface area contributed by atoms with Gasteiger partial charge in [0, 0.05) is 6.04 Å². The van der Waals surface area contributed by atoms with Crippen LogP contribution in [0.1, 0.15) is 49.8 Å². The van der Waals surface area contributed by atoms with Crippen molar-refractivity contribution in [3.63, 3.8) is 0 Å². The van der Waals surface area contributed by atoms with Gasteiger partial charge in [-0.25, -0.2) is 0 Å². The van der Waals surface area contributed by atoms with E-state index in [1.165, 1.54) is 37.9 Å². The summed E-state index contributed by atoms with van der Waals surface area (Å²) in [5.74, 6) is 2.10. The minimum absolute atomic E-state index is 0.575. The lowest BCUT2D eigenvalue weighted by Crippen LogP contribution is -2.29. The fourth-order valence-corrected chi connectivity index (χ4v) is 3.74. The molecule has 0 fully saturated rings. The summed E-state index contributed by atoms with van der Waals surface area (Å²) in [4.78, 5) is 0. The highest BCUT2D eigenvalue weighted by Gasteiger charge is 2.26. The predicted octanol–water partition coefficient (Wildman–Crippen LogP) is 4.43. The Morgan fingerprint density at radius 1 is 1.32 bits per heavy atom. The van der Waals surface area contributed by atoms with Crippen LogP contribution in [0.25, 0.3) is 0 Å². The van der Waals surface area contributed by atoms with Crippen LogP contribution in [-0.4, -0.2) is 18.6 Å². The molecule has 0 bridgehead atoms. The van der Waals surface area contributed by atoms with Crippen molar-refractivity contribution in [1.82, 2.24) is 5.32 Å². The second-order valence-corrected chi connectivity index (χ2v) is 6.55. The lowest BCUT2D eigenvalue weighted by molar-refractivity contribution is 0.336. The van der Waals surface area contributed by atoms with Crippen molar-refractivity contribution in [2.45, 2.75) is 45.1 Å². The van der Waals surface area contributed by atoms with Crippen LogP contribution in [0, 0.1) is 5.92 Å². The highest BCUT2D eigenvalue weighted by Crippen LogP contribution is 2.35. The first kappa shape index (κ1) is 14.9. The van der Waals surface area contributed by atoms with Crippen LogP contribution in [-0.2, 0) is 6.42 Å². The Bertz CT molecular complexity index is 375. The molecule has 2 unspecified atom stereocenters. The Morgan fingerprint density at radius 2 is 2.16 bits per heavy atom. The summed E-state index contributed by atoms with van der Waals surface area (Å²) in [6, 6.07) is 9.65. The third-order valence-electron chi connectivity index (χ3n) is 4.19. The van der Waals surface area contributed by atoms with Crippen LogP contribution < -0.4 is 5.32 Å². The maximum Gasteiger partial charge on any atom is 0.0351 e. The van der Waals surface area contributed by atoms with Crippen LogP contribution in [0.5, 0.6) is 0 Å². The fraction of sp³-hybridized carbons (Fsp3) is 0.647. The largest absolute Gasteiger partial charge is 0.310 e. The van der Waals surface area contributed by atoms with Gasteiger partial charge in [-0.2, -0.15) is 11.8 Å². The van der Waals surface area contributed by atoms with Crippen molar-refractivity contribution in [3.05, 3.63) is 35.4 Å². The van der Waals surface area contributed by atoms with Crippen molar-refractivity contribution in [3.8, 4) is 0 Å². The zero-order valence-electron chi connectivity index (χ0n) is 12.3. The van der Waals surface area contributed by atoms with Crippen molar-refractivity contribution in [1.29, 1.82) is 0 Å². The molecule has 1 aromatic rings. The average molecular weight is 277 g/mol. The number of thioether (sulfide) groups is 1. The van der Waals surface area contributed by atoms with E-state index in [-0.39, 0.29) is 0 Å². The quantitative estimate of drug-likeness (QED) is 0.772. The van der Waals surface area contributed by atoms with Gasteiger partial charge in [-0.05, 0) is 67.7 Å². The Kier molecular flexibility index (Phi) is 6.25. The second kappa shape index (κ2) is 7.96. The standard InChI is InChI=1S/C17H27NS/c1-3-12-18-17-15(11-13-19-2)9-6-8-14-7-4-5-10-16(14)17/h4-5,7,10,15,17-18H,3,6,8-9,11-13H2,1-2H3. The monoisotopic (exact) mass is 277 g/mol. The van der Waals surface area contributed by atoms with Gasteiger partial charge in [-0.15, -0.1) is 0 Å². The lowest BCUT2D eigenvalue weighted by atomic mass is 9.88. The molecular formula is C17H27NS. The topological polar surface area (TPSA) is 12.0 Å². The zero-order valence-corrected chi connectivity index (χ0v) is 13.1. The van der Waals surface area contributed by atoms with Crippen LogP contribution in [0.4, 0.5) is 0 Å². The van der Waals surface area contributed by atoms with Crippen LogP contribution in [0.3, 0.4) is 0 Å². The van der Waals surface area contributed by atoms with E-state index in [1.807, 2.05) is 11.8 Å². The summed E-state index contributed by atoms with van der Waals surface area (Å²) in [6.07, 6.45) is 8.76. The molecule has 2 atom stereocenters. The van der Waals surface area contributed by atoms with Gasteiger partial charge in [0.25, 0.3) is 0 Å². The molecule has 1 nitrogen and oxygen atoms in total. The average Bonchev–Trinajstić information content (AvgIpc) is 2.62. The smallest absolute Gasteiger partial charge is 0.0351 e. The predicted molar refractivity (Wildman–Crippen MR) is 86.9 cm³/mol. The van der Waals surface area contributed by atoms with E-state index < -0.39 is 0 Å². The maximum absolute atomic E-state index is 3.82. The van der Waals surface area contributed by atoms with Gasteiger partial charge in [0.05, 0.1) is 0 Å². The number of nitrogens with one attached hydrogen (secondary N) is 1. The molecule has 0 aliphatic heterocycles. The molecule has 0 spiro atoms. The summed E-state index contributed by atoms with van der Waals surface area (Å²) in [5, 5.41) is 3.82. The number of hydrogen-bond donors (Lipinski definition) is 1. The molecule has 0 saturated heterocycles. The molecule has 0 heterocycles. The molecule has 0 radical (unpaired) electrons. The third-order valence-corrected chi connectivity index (χ3v) is 4.83. The maximum atomic E-state index is 3.82. The molecule has 19 heavy (non-hydrogen) atoms. The van der Waals surface area contributed by atoms with E-state index in [9.17, 15) is 0 Å². The number of benzene rings is 1. The second-order valence-electron chi connectivity index (χ2n) is 5.56. The number of hydrogen-bond acceptors (Lipinski definition) is 2. The molecule has 106 valence electrons. The Labute approximate surface area is 122 Å². The van der Waals surface area contributed by atoms with Crippen molar-refractivity contribution >= 4 is 11.8 Å². The molecule has 0 amide bonds. The molecule has 0 saturated carbocycles. The Hall–Kier alpha value is -0.470. The van der Waals surface area contributed by atoms with Crippen LogP contribution in [0.15, 0.2) is 24.3 Å². The summed E-state index contributed by atoms with van der Waals surface area (Å²) >= 11 is 1.98. The fourth-order valence-electron chi connectivity index (χ4n) is 3.20. The first-order chi connectivity index (χ1) is 9.36. The molecule has 1 N–H and O–H groups in total. The van der Waals surface area contributed by atoms with Crippen molar-refractivity contribution < 1.29 is 0 Å². The molecule has 1 aliphatic carbocycles. The van der Waals surface area contributed by atoms with E-state index in [2.05, 4.69) is 42.8 Å². The molecule has 2 rings (SSSR count). The van der Waals surface area contributed by atoms with Crippen LogP contribution >= 0.6 is 11.8 Å². The number of rotatable bonds is 6. The molecule has 2 heteroatoms.